The van der Waals surface area contributed by atoms with E-state index < -0.39 is 23.5 Å². The van der Waals surface area contributed by atoms with Crippen LogP contribution in [0.4, 0.5) is 0 Å². The van der Waals surface area contributed by atoms with Crippen LogP contribution in [-0.4, -0.2) is 23.1 Å². The first-order valence-corrected chi connectivity index (χ1v) is 11.3. The van der Waals surface area contributed by atoms with E-state index in [-0.39, 0.29) is 11.3 Å². The average molecular weight is 401 g/mol. The summed E-state index contributed by atoms with van der Waals surface area (Å²) in [6.07, 6.45) is 9.26. The lowest BCUT2D eigenvalue weighted by Gasteiger charge is -2.64. The number of carbonyl (C=O) groups is 2. The van der Waals surface area contributed by atoms with Gasteiger partial charge in [-0.1, -0.05) is 24.6 Å². The zero-order valence-electron chi connectivity index (χ0n) is 18.4. The third-order valence-corrected chi connectivity index (χ3v) is 9.34. The van der Waals surface area contributed by atoms with Crippen molar-refractivity contribution in [3.8, 4) is 0 Å². The Morgan fingerprint density at radius 3 is 2.48 bits per heavy atom. The van der Waals surface area contributed by atoms with Gasteiger partial charge in [-0.2, -0.15) is 0 Å². The van der Waals surface area contributed by atoms with Gasteiger partial charge in [0.15, 0.2) is 0 Å². The molecule has 1 spiro atoms. The largest absolute Gasteiger partial charge is 0.481 e. The molecular formula is C25H36O4. The molecule has 0 radical (unpaired) electrons. The minimum absolute atomic E-state index is 0.0135. The van der Waals surface area contributed by atoms with Gasteiger partial charge in [0, 0.05) is 6.08 Å². The predicted octanol–water partition coefficient (Wildman–Crippen LogP) is 5.53. The first kappa shape index (κ1) is 20.7. The van der Waals surface area contributed by atoms with E-state index in [1.165, 1.54) is 30.9 Å². The van der Waals surface area contributed by atoms with Crippen molar-refractivity contribution >= 4 is 11.9 Å². The minimum atomic E-state index is -1.04. The van der Waals surface area contributed by atoms with Crippen molar-refractivity contribution in [1.82, 2.24) is 0 Å². The number of fused-ring (bicyclic) bond motifs is 3. The molecule has 4 fully saturated rings. The summed E-state index contributed by atoms with van der Waals surface area (Å²) in [6.45, 7) is 12.3. The molecule has 0 aliphatic heterocycles. The number of carboxylic acids is 1. The van der Waals surface area contributed by atoms with E-state index in [1.807, 2.05) is 20.8 Å². The fourth-order valence-corrected chi connectivity index (χ4v) is 8.13. The molecule has 4 rings (SSSR count). The fraction of sp³-hybridized carbons (Fsp3) is 0.760. The van der Waals surface area contributed by atoms with Crippen molar-refractivity contribution in [3.05, 3.63) is 23.8 Å². The van der Waals surface area contributed by atoms with Crippen molar-refractivity contribution in [3.63, 3.8) is 0 Å². The van der Waals surface area contributed by atoms with Crippen molar-refractivity contribution < 1.29 is 19.4 Å². The van der Waals surface area contributed by atoms with Gasteiger partial charge < -0.3 is 9.84 Å². The van der Waals surface area contributed by atoms with Gasteiger partial charge in [0.2, 0.25) is 0 Å². The molecule has 0 aromatic heterocycles. The summed E-state index contributed by atoms with van der Waals surface area (Å²) < 4.78 is 5.78. The molecule has 0 aromatic rings. The van der Waals surface area contributed by atoms with Gasteiger partial charge in [-0.05, 0) is 101 Å². The second kappa shape index (κ2) is 6.72. The molecule has 1 N–H and O–H groups in total. The maximum Gasteiger partial charge on any atom is 0.330 e. The molecule has 0 amide bonds. The highest BCUT2D eigenvalue weighted by molar-refractivity contribution is 5.83. The number of esters is 1. The number of rotatable bonds is 3. The average Bonchev–Trinajstić information content (AvgIpc) is 2.85. The summed E-state index contributed by atoms with van der Waals surface area (Å²) in [7, 11) is 0. The molecule has 0 saturated heterocycles. The lowest BCUT2D eigenvalue weighted by Crippen LogP contribution is -2.63. The summed E-state index contributed by atoms with van der Waals surface area (Å²) in [5.74, 6) is 0.0395. The smallest absolute Gasteiger partial charge is 0.330 e. The van der Waals surface area contributed by atoms with E-state index in [1.54, 1.807) is 0 Å². The highest BCUT2D eigenvalue weighted by Gasteiger charge is 2.67. The molecule has 7 atom stereocenters. The summed E-state index contributed by atoms with van der Waals surface area (Å²) in [5, 5.41) is 10.4. The van der Waals surface area contributed by atoms with Crippen LogP contribution < -0.4 is 0 Å². The maximum absolute atomic E-state index is 12.6. The highest BCUT2D eigenvalue weighted by atomic mass is 16.5. The van der Waals surface area contributed by atoms with Crippen LogP contribution in [0.2, 0.25) is 0 Å². The maximum atomic E-state index is 12.6. The quantitative estimate of drug-likeness (QED) is 0.384. The normalized spacial score (nSPS) is 45.7. The molecule has 160 valence electrons. The van der Waals surface area contributed by atoms with Gasteiger partial charge >= 0.3 is 11.9 Å². The van der Waals surface area contributed by atoms with E-state index in [2.05, 4.69) is 13.5 Å². The highest BCUT2D eigenvalue weighted by Crippen LogP contribution is 2.72. The molecule has 4 nitrogen and oxygen atoms in total. The Kier molecular flexibility index (Phi) is 4.79. The zero-order chi connectivity index (χ0) is 21.2. The third-order valence-electron chi connectivity index (χ3n) is 9.34. The number of carbonyl (C=O) groups excluding carboxylic acids is 1. The summed E-state index contributed by atoms with van der Waals surface area (Å²) >= 11 is 0. The first-order chi connectivity index (χ1) is 13.5. The summed E-state index contributed by atoms with van der Waals surface area (Å²) in [6, 6.07) is 0. The van der Waals surface area contributed by atoms with E-state index in [4.69, 9.17) is 4.74 Å². The Labute approximate surface area is 174 Å². The molecule has 4 aliphatic carbocycles. The van der Waals surface area contributed by atoms with Crippen LogP contribution in [0.25, 0.3) is 0 Å². The third kappa shape index (κ3) is 2.92. The van der Waals surface area contributed by atoms with Crippen LogP contribution in [0.1, 0.15) is 79.1 Å². The molecule has 4 saturated carbocycles. The topological polar surface area (TPSA) is 63.6 Å². The Bertz CT molecular complexity index is 778. The van der Waals surface area contributed by atoms with Gasteiger partial charge in [0.1, 0.15) is 11.5 Å². The van der Waals surface area contributed by atoms with Crippen LogP contribution >= 0.6 is 0 Å². The van der Waals surface area contributed by atoms with Crippen molar-refractivity contribution in [2.75, 3.05) is 0 Å². The second-order valence-corrected chi connectivity index (χ2v) is 11.1. The zero-order valence-corrected chi connectivity index (χ0v) is 18.4. The molecular weight excluding hydrogens is 364 g/mol. The molecule has 2 bridgehead atoms. The molecule has 4 aliphatic rings. The number of carboxylic acid groups (broad SMARTS) is 1. The van der Waals surface area contributed by atoms with E-state index in [0.29, 0.717) is 23.7 Å². The van der Waals surface area contributed by atoms with Crippen LogP contribution in [0.15, 0.2) is 23.8 Å². The molecule has 0 aromatic carbocycles. The number of aliphatic carboxylic acids is 1. The van der Waals surface area contributed by atoms with Gasteiger partial charge in [0.25, 0.3) is 0 Å². The summed E-state index contributed by atoms with van der Waals surface area (Å²) in [5.41, 5.74) is 1.58. The number of allylic oxidation sites excluding steroid dienone is 2. The Morgan fingerprint density at radius 2 is 1.83 bits per heavy atom. The lowest BCUT2D eigenvalue weighted by atomic mass is 9.40. The van der Waals surface area contributed by atoms with Crippen LogP contribution in [0.3, 0.4) is 0 Å². The van der Waals surface area contributed by atoms with Crippen LogP contribution in [0.5, 0.6) is 0 Å². The monoisotopic (exact) mass is 400 g/mol. The van der Waals surface area contributed by atoms with E-state index in [9.17, 15) is 14.7 Å². The Balaban J connectivity index is 1.67. The molecule has 0 unspecified atom stereocenters. The Hall–Kier alpha value is -1.58. The SMILES string of the molecule is C=C1C[C@@]23CC[C@H]4[C@@](C)(CC[C@H](OC(=O)C=C(C)C)[C@@]4(C)C(=O)O)[C@@H]2CC[C@@H]1C3. The molecule has 4 heteroatoms. The van der Waals surface area contributed by atoms with Crippen LogP contribution in [-0.2, 0) is 14.3 Å². The molecule has 29 heavy (non-hydrogen) atoms. The first-order valence-electron chi connectivity index (χ1n) is 11.3. The second-order valence-electron chi connectivity index (χ2n) is 11.1. The fourth-order valence-electron chi connectivity index (χ4n) is 8.13. The Morgan fingerprint density at radius 1 is 1.10 bits per heavy atom. The van der Waals surface area contributed by atoms with Crippen LogP contribution in [0, 0.1) is 34.0 Å². The predicted molar refractivity (Wildman–Crippen MR) is 112 cm³/mol. The van der Waals surface area contributed by atoms with Crippen molar-refractivity contribution in [1.29, 1.82) is 0 Å². The van der Waals surface area contributed by atoms with Gasteiger partial charge in [0.05, 0.1) is 0 Å². The van der Waals surface area contributed by atoms with E-state index >= 15 is 0 Å². The lowest BCUT2D eigenvalue weighted by molar-refractivity contribution is -0.211. The number of hydrogen-bond donors (Lipinski definition) is 1. The standard InChI is InChI=1S/C25H36O4/c1-15(2)12-21(26)29-20-9-10-23(4)18(24(20,5)22(27)28)8-11-25-13-16(3)17(14-25)6-7-19(23)25/h12,17-20H,3,6-11,13-14H2,1-2,4-5H3,(H,27,28)/t17-,18+,19+,20+,23-,24+,25-/m1/s1. The van der Waals surface area contributed by atoms with E-state index in [0.717, 1.165) is 31.3 Å². The van der Waals surface area contributed by atoms with Crippen molar-refractivity contribution in [2.24, 2.45) is 34.0 Å². The number of ether oxygens (including phenoxy) is 1. The molecule has 0 heterocycles. The van der Waals surface area contributed by atoms with Crippen molar-refractivity contribution in [2.45, 2.75) is 85.2 Å². The van der Waals surface area contributed by atoms with Gasteiger partial charge in [-0.15, -0.1) is 0 Å². The summed E-state index contributed by atoms with van der Waals surface area (Å²) in [4.78, 5) is 25.0. The minimum Gasteiger partial charge on any atom is -0.481 e. The van der Waals surface area contributed by atoms with Gasteiger partial charge in [-0.25, -0.2) is 4.79 Å². The number of hydrogen-bond acceptors (Lipinski definition) is 3. The van der Waals surface area contributed by atoms with Gasteiger partial charge in [-0.3, -0.25) is 4.79 Å².